The Bertz CT molecular complexity index is 385. The Labute approximate surface area is 123 Å². The van der Waals surface area contributed by atoms with Crippen molar-refractivity contribution in [1.82, 2.24) is 0 Å². The average Bonchev–Trinajstić information content (AvgIpc) is 2.84. The van der Waals surface area contributed by atoms with Gasteiger partial charge in [0.05, 0.1) is 0 Å². The van der Waals surface area contributed by atoms with Crippen molar-refractivity contribution in [3.63, 3.8) is 0 Å². The molecule has 0 aromatic carbocycles. The third-order valence-electron chi connectivity index (χ3n) is 3.26. The Kier molecular flexibility index (Phi) is 4.22. The van der Waals surface area contributed by atoms with E-state index in [2.05, 4.69) is 24.7 Å². The summed E-state index contributed by atoms with van der Waals surface area (Å²) in [5, 5.41) is 4.51. The van der Waals surface area contributed by atoms with Gasteiger partial charge in [-0.25, -0.2) is 0 Å². The van der Waals surface area contributed by atoms with E-state index < -0.39 is 0 Å². The molecule has 17 heavy (non-hydrogen) atoms. The fourth-order valence-electron chi connectivity index (χ4n) is 2.44. The van der Waals surface area contributed by atoms with Crippen molar-refractivity contribution in [2.24, 2.45) is 11.8 Å². The minimum absolute atomic E-state index is 0.678. The van der Waals surface area contributed by atoms with E-state index >= 15 is 0 Å². The van der Waals surface area contributed by atoms with Crippen molar-refractivity contribution >= 4 is 54.9 Å². The number of hydrogen-bond donors (Lipinski definition) is 0. The number of hydrogen-bond acceptors (Lipinski definition) is 5. The monoisotopic (exact) mass is 318 g/mol. The van der Waals surface area contributed by atoms with E-state index in [4.69, 9.17) is 0 Å². The summed E-state index contributed by atoms with van der Waals surface area (Å²) >= 11 is 3.92. The second-order valence-corrected chi connectivity index (χ2v) is 10.00. The molecular weight excluding hydrogens is 304 g/mol. The summed E-state index contributed by atoms with van der Waals surface area (Å²) in [7, 11) is 5.98. The van der Waals surface area contributed by atoms with Crippen LogP contribution in [-0.4, -0.2) is 0 Å². The standard InChI is InChI=1S/C12H14S5/c1-3-7-9-10(14-6-5-13-9)8(4-2)12-11(7)15-17-16-12/h5-8H,3-4H2,1-2H3. The van der Waals surface area contributed by atoms with Crippen LogP contribution in [0.2, 0.25) is 0 Å². The maximum atomic E-state index is 2.32. The zero-order valence-electron chi connectivity index (χ0n) is 9.76. The quantitative estimate of drug-likeness (QED) is 0.533. The van der Waals surface area contributed by atoms with Crippen LogP contribution >= 0.6 is 54.9 Å². The van der Waals surface area contributed by atoms with Crippen molar-refractivity contribution in [2.75, 3.05) is 0 Å². The molecule has 3 rings (SSSR count). The molecule has 92 valence electrons. The van der Waals surface area contributed by atoms with E-state index in [-0.39, 0.29) is 0 Å². The molecule has 0 saturated carbocycles. The highest BCUT2D eigenvalue weighted by Gasteiger charge is 2.39. The molecule has 5 heteroatoms. The maximum Gasteiger partial charge on any atom is 0.0235 e. The predicted molar refractivity (Wildman–Crippen MR) is 88.7 cm³/mol. The molecule has 1 aliphatic carbocycles. The zero-order valence-corrected chi connectivity index (χ0v) is 13.8. The topological polar surface area (TPSA) is 0 Å². The van der Waals surface area contributed by atoms with Gasteiger partial charge in [0.1, 0.15) is 0 Å². The van der Waals surface area contributed by atoms with Crippen LogP contribution in [0.25, 0.3) is 0 Å². The first kappa shape index (κ1) is 13.0. The van der Waals surface area contributed by atoms with Gasteiger partial charge in [-0.3, -0.25) is 0 Å². The molecule has 2 atom stereocenters. The Hall–Kier alpha value is 0.970. The third-order valence-corrected chi connectivity index (χ3v) is 9.97. The van der Waals surface area contributed by atoms with Gasteiger partial charge in [0.25, 0.3) is 0 Å². The molecule has 0 bridgehead atoms. The van der Waals surface area contributed by atoms with Crippen molar-refractivity contribution in [3.05, 3.63) is 30.4 Å². The summed E-state index contributed by atoms with van der Waals surface area (Å²) < 4.78 is 0. The van der Waals surface area contributed by atoms with Gasteiger partial charge < -0.3 is 0 Å². The van der Waals surface area contributed by atoms with Crippen molar-refractivity contribution < 1.29 is 0 Å². The van der Waals surface area contributed by atoms with Gasteiger partial charge in [-0.15, -0.1) is 23.5 Å². The Morgan fingerprint density at radius 1 is 0.824 bits per heavy atom. The van der Waals surface area contributed by atoms with Gasteiger partial charge in [0.15, 0.2) is 0 Å². The molecule has 0 radical (unpaired) electrons. The van der Waals surface area contributed by atoms with Crippen molar-refractivity contribution in [2.45, 2.75) is 26.7 Å². The number of rotatable bonds is 2. The first-order valence-corrected chi connectivity index (χ1v) is 11.1. The first-order chi connectivity index (χ1) is 8.36. The molecule has 2 heterocycles. The predicted octanol–water partition coefficient (Wildman–Crippen LogP) is 6.47. The van der Waals surface area contributed by atoms with E-state index in [1.54, 1.807) is 19.6 Å². The maximum absolute atomic E-state index is 2.32. The second-order valence-electron chi connectivity index (χ2n) is 4.12. The minimum atomic E-state index is 0.678. The third kappa shape index (κ3) is 2.16. The molecule has 0 aromatic rings. The molecule has 0 nitrogen and oxygen atoms in total. The lowest BCUT2D eigenvalue weighted by atomic mass is 9.91. The average molecular weight is 319 g/mol. The molecule has 0 saturated heterocycles. The lowest BCUT2D eigenvalue weighted by Gasteiger charge is -2.33. The molecule has 0 aromatic heterocycles. The van der Waals surface area contributed by atoms with Crippen LogP contribution in [0.5, 0.6) is 0 Å². The molecule has 3 aliphatic rings. The molecule has 0 N–H and O–H groups in total. The Balaban J connectivity index is 2.04. The summed E-state index contributed by atoms with van der Waals surface area (Å²) in [6.45, 7) is 4.65. The SMILES string of the molecule is CCC1C2=C(SC=CS2)C(CC)C2=C1SSS2. The van der Waals surface area contributed by atoms with Crippen LogP contribution in [0, 0.1) is 11.8 Å². The molecular formula is C12H14S5. The van der Waals surface area contributed by atoms with Gasteiger partial charge in [-0.1, -0.05) is 13.8 Å². The number of thioether (sulfide) groups is 2. The van der Waals surface area contributed by atoms with Crippen LogP contribution in [0.3, 0.4) is 0 Å². The van der Waals surface area contributed by atoms with E-state index in [0.29, 0.717) is 11.8 Å². The highest BCUT2D eigenvalue weighted by atomic mass is 33.5. The number of allylic oxidation sites excluding steroid dienone is 4. The summed E-state index contributed by atoms with van der Waals surface area (Å²) in [4.78, 5) is 6.61. The first-order valence-electron chi connectivity index (χ1n) is 5.84. The smallest absolute Gasteiger partial charge is 0.0235 e. The van der Waals surface area contributed by atoms with E-state index in [9.17, 15) is 0 Å². The molecule has 0 amide bonds. The van der Waals surface area contributed by atoms with Crippen LogP contribution < -0.4 is 0 Å². The Morgan fingerprint density at radius 2 is 1.29 bits per heavy atom. The van der Waals surface area contributed by atoms with Crippen LogP contribution in [-0.2, 0) is 0 Å². The highest BCUT2D eigenvalue weighted by molar-refractivity contribution is 9.12. The molecule has 0 fully saturated rings. The van der Waals surface area contributed by atoms with Crippen molar-refractivity contribution in [1.29, 1.82) is 0 Å². The van der Waals surface area contributed by atoms with E-state index in [1.807, 2.05) is 54.9 Å². The minimum Gasteiger partial charge on any atom is -0.100 e. The Morgan fingerprint density at radius 3 is 1.71 bits per heavy atom. The van der Waals surface area contributed by atoms with E-state index in [1.165, 1.54) is 12.8 Å². The summed E-state index contributed by atoms with van der Waals surface area (Å²) in [6.07, 6.45) is 2.48. The summed E-state index contributed by atoms with van der Waals surface area (Å²) in [6, 6.07) is 0. The highest BCUT2D eigenvalue weighted by Crippen LogP contribution is 2.66. The largest absolute Gasteiger partial charge is 0.100 e. The molecule has 0 spiro atoms. The van der Waals surface area contributed by atoms with Gasteiger partial charge >= 0.3 is 0 Å². The second kappa shape index (κ2) is 5.53. The van der Waals surface area contributed by atoms with Crippen LogP contribution in [0.1, 0.15) is 26.7 Å². The molecule has 2 aliphatic heterocycles. The van der Waals surface area contributed by atoms with Gasteiger partial charge in [-0.2, -0.15) is 0 Å². The fourth-order valence-corrected chi connectivity index (χ4v) is 10.4. The lowest BCUT2D eigenvalue weighted by Crippen LogP contribution is -2.17. The van der Waals surface area contributed by atoms with Gasteiger partial charge in [-0.05, 0) is 55.1 Å². The normalized spacial score (nSPS) is 31.9. The van der Waals surface area contributed by atoms with Crippen LogP contribution in [0.4, 0.5) is 0 Å². The fraction of sp³-hybridized carbons (Fsp3) is 0.500. The van der Waals surface area contributed by atoms with Crippen LogP contribution in [0.15, 0.2) is 30.4 Å². The van der Waals surface area contributed by atoms with Gasteiger partial charge in [0, 0.05) is 31.5 Å². The van der Waals surface area contributed by atoms with Gasteiger partial charge in [0.2, 0.25) is 0 Å². The lowest BCUT2D eigenvalue weighted by molar-refractivity contribution is 0.662. The molecule has 2 unspecified atom stereocenters. The summed E-state index contributed by atoms with van der Waals surface area (Å²) in [5.74, 6) is 1.36. The zero-order chi connectivity index (χ0) is 11.8. The summed E-state index contributed by atoms with van der Waals surface area (Å²) in [5.41, 5.74) is 0. The van der Waals surface area contributed by atoms with Crippen molar-refractivity contribution in [3.8, 4) is 0 Å². The van der Waals surface area contributed by atoms with E-state index in [0.717, 1.165) is 0 Å².